The van der Waals surface area contributed by atoms with Gasteiger partial charge in [0.2, 0.25) is 5.91 Å². The first-order valence-electron chi connectivity index (χ1n) is 12.0. The fourth-order valence-electron chi connectivity index (χ4n) is 4.85. The third-order valence-electron chi connectivity index (χ3n) is 6.88. The van der Waals surface area contributed by atoms with Crippen LogP contribution in [-0.4, -0.2) is 48.4 Å². The number of nitrogens with zero attached hydrogens (tertiary/aromatic N) is 1. The van der Waals surface area contributed by atoms with Crippen molar-refractivity contribution in [2.45, 2.75) is 31.1 Å². The second-order valence-electron chi connectivity index (χ2n) is 9.27. The lowest BCUT2D eigenvalue weighted by molar-refractivity contribution is -0.137. The molecule has 7 nitrogen and oxygen atoms in total. The number of methoxy groups -OCH3 is 1. The minimum atomic E-state index is -4.49. The number of halogens is 3. The van der Waals surface area contributed by atoms with Crippen LogP contribution in [0.25, 0.3) is 11.1 Å². The standard InChI is InChI=1S/C28H24F3N3O4/c1-38-21-8-5-16(6-9-21)25(35)32-20-11-12-34-24(15-20)26(36)33-23-10-7-18(14-22(23)27(34)37)17-3-2-4-19(13-17)28(29,30)31/h2-10,13-14,20,24H,11-12,15H2,1H3,(H,32,35)(H,33,36). The predicted octanol–water partition coefficient (Wildman–Crippen LogP) is 4.74. The first-order chi connectivity index (χ1) is 18.1. The number of alkyl halides is 3. The molecule has 0 radical (unpaired) electrons. The Hall–Kier alpha value is -4.34. The van der Waals surface area contributed by atoms with E-state index in [2.05, 4.69) is 10.6 Å². The fourth-order valence-corrected chi connectivity index (χ4v) is 4.85. The molecule has 2 N–H and O–H groups in total. The number of benzene rings is 3. The Labute approximate surface area is 216 Å². The molecule has 2 heterocycles. The maximum Gasteiger partial charge on any atom is 0.416 e. The highest BCUT2D eigenvalue weighted by atomic mass is 19.4. The van der Waals surface area contributed by atoms with Crippen molar-refractivity contribution < 1.29 is 32.3 Å². The molecule has 0 bridgehead atoms. The van der Waals surface area contributed by atoms with Crippen LogP contribution < -0.4 is 15.4 Å². The maximum absolute atomic E-state index is 13.5. The Bertz CT molecular complexity index is 1410. The Morgan fingerprint density at radius 2 is 1.76 bits per heavy atom. The molecule has 2 atom stereocenters. The van der Waals surface area contributed by atoms with Crippen LogP contribution in [0.3, 0.4) is 0 Å². The van der Waals surface area contributed by atoms with Gasteiger partial charge in [-0.1, -0.05) is 18.2 Å². The molecule has 1 fully saturated rings. The summed E-state index contributed by atoms with van der Waals surface area (Å²) in [6.45, 7) is 0.234. The van der Waals surface area contributed by atoms with E-state index in [0.29, 0.717) is 34.5 Å². The fraction of sp³-hybridized carbons (Fsp3) is 0.250. The normalized spacial score (nSPS) is 19.1. The zero-order valence-electron chi connectivity index (χ0n) is 20.3. The summed E-state index contributed by atoms with van der Waals surface area (Å²) in [6, 6.07) is 15.0. The number of carbonyl (C=O) groups excluding carboxylic acids is 3. The van der Waals surface area contributed by atoms with Gasteiger partial charge in [0, 0.05) is 18.2 Å². The molecule has 0 saturated carbocycles. The smallest absolute Gasteiger partial charge is 0.416 e. The van der Waals surface area contributed by atoms with Crippen LogP contribution in [0.4, 0.5) is 18.9 Å². The molecule has 2 aliphatic rings. The molecule has 3 aromatic carbocycles. The quantitative estimate of drug-likeness (QED) is 0.518. The van der Waals surface area contributed by atoms with Gasteiger partial charge in [0.1, 0.15) is 11.8 Å². The Morgan fingerprint density at radius 1 is 1.03 bits per heavy atom. The van der Waals surface area contributed by atoms with E-state index < -0.39 is 23.7 Å². The van der Waals surface area contributed by atoms with Gasteiger partial charge in [-0.05, 0) is 72.5 Å². The maximum atomic E-state index is 13.5. The van der Waals surface area contributed by atoms with Crippen LogP contribution in [0.1, 0.15) is 39.1 Å². The Morgan fingerprint density at radius 3 is 2.47 bits per heavy atom. The summed E-state index contributed by atoms with van der Waals surface area (Å²) < 4.78 is 44.7. The molecule has 0 spiro atoms. The van der Waals surface area contributed by atoms with Crippen molar-refractivity contribution in [1.82, 2.24) is 10.2 Å². The molecule has 3 amide bonds. The molecule has 3 aromatic rings. The summed E-state index contributed by atoms with van der Waals surface area (Å²) in [6.07, 6.45) is -3.82. The van der Waals surface area contributed by atoms with Crippen LogP contribution in [0.5, 0.6) is 5.75 Å². The number of fused-ring (bicyclic) bond motifs is 2. The Kier molecular flexibility index (Phi) is 6.56. The van der Waals surface area contributed by atoms with Crippen molar-refractivity contribution in [3.05, 3.63) is 83.4 Å². The van der Waals surface area contributed by atoms with Gasteiger partial charge in [-0.2, -0.15) is 13.2 Å². The van der Waals surface area contributed by atoms with Gasteiger partial charge in [0.15, 0.2) is 0 Å². The Balaban J connectivity index is 1.35. The number of piperidine rings is 1. The summed E-state index contributed by atoms with van der Waals surface area (Å²) in [5.74, 6) is -0.441. The summed E-state index contributed by atoms with van der Waals surface area (Å²) in [4.78, 5) is 40.8. The first kappa shape index (κ1) is 25.3. The van der Waals surface area contributed by atoms with Gasteiger partial charge in [-0.25, -0.2) is 0 Å². The molecule has 1 saturated heterocycles. The van der Waals surface area contributed by atoms with Gasteiger partial charge in [-0.15, -0.1) is 0 Å². The lowest BCUT2D eigenvalue weighted by Gasteiger charge is -2.37. The molecule has 2 unspecified atom stereocenters. The molecule has 38 heavy (non-hydrogen) atoms. The highest BCUT2D eigenvalue weighted by molar-refractivity contribution is 6.10. The van der Waals surface area contributed by atoms with Crippen LogP contribution >= 0.6 is 0 Å². The number of anilines is 1. The van der Waals surface area contributed by atoms with Crippen molar-refractivity contribution in [2.24, 2.45) is 0 Å². The minimum absolute atomic E-state index is 0.205. The zero-order valence-corrected chi connectivity index (χ0v) is 20.3. The number of hydrogen-bond acceptors (Lipinski definition) is 4. The average molecular weight is 524 g/mol. The van der Waals surface area contributed by atoms with Gasteiger partial charge >= 0.3 is 6.18 Å². The second-order valence-corrected chi connectivity index (χ2v) is 9.27. The topological polar surface area (TPSA) is 87.7 Å². The molecule has 2 aliphatic heterocycles. The number of carbonyl (C=O) groups is 3. The number of rotatable bonds is 4. The van der Waals surface area contributed by atoms with Gasteiger partial charge in [0.25, 0.3) is 11.8 Å². The molecule has 5 rings (SSSR count). The van der Waals surface area contributed by atoms with Crippen molar-refractivity contribution in [3.8, 4) is 16.9 Å². The van der Waals surface area contributed by atoms with Crippen LogP contribution in [0.2, 0.25) is 0 Å². The summed E-state index contributed by atoms with van der Waals surface area (Å²) >= 11 is 0. The lowest BCUT2D eigenvalue weighted by Crippen LogP contribution is -2.55. The van der Waals surface area contributed by atoms with Crippen LogP contribution in [0, 0.1) is 0 Å². The third kappa shape index (κ3) is 4.93. The molecule has 10 heteroatoms. The SMILES string of the molecule is COc1ccc(C(=O)NC2CCN3C(=O)c4cc(-c5cccc(C(F)(F)F)c5)ccc4NC(=O)C3C2)cc1. The van der Waals surface area contributed by atoms with E-state index in [1.54, 1.807) is 30.3 Å². The lowest BCUT2D eigenvalue weighted by atomic mass is 9.95. The van der Waals surface area contributed by atoms with E-state index in [0.717, 1.165) is 12.1 Å². The summed E-state index contributed by atoms with van der Waals surface area (Å²) in [7, 11) is 1.53. The summed E-state index contributed by atoms with van der Waals surface area (Å²) in [5, 5.41) is 5.72. The molecular weight excluding hydrogens is 499 g/mol. The minimum Gasteiger partial charge on any atom is -0.497 e. The van der Waals surface area contributed by atoms with Crippen molar-refractivity contribution in [2.75, 3.05) is 19.0 Å². The molecule has 196 valence electrons. The van der Waals surface area contributed by atoms with E-state index in [-0.39, 0.29) is 36.4 Å². The highest BCUT2D eigenvalue weighted by Gasteiger charge is 2.40. The van der Waals surface area contributed by atoms with Crippen molar-refractivity contribution in [3.63, 3.8) is 0 Å². The van der Waals surface area contributed by atoms with E-state index in [1.165, 1.54) is 36.3 Å². The van der Waals surface area contributed by atoms with Gasteiger partial charge in [-0.3, -0.25) is 14.4 Å². The number of hydrogen-bond donors (Lipinski definition) is 2. The predicted molar refractivity (Wildman–Crippen MR) is 134 cm³/mol. The number of ether oxygens (including phenoxy) is 1. The van der Waals surface area contributed by atoms with Crippen molar-refractivity contribution >= 4 is 23.4 Å². The van der Waals surface area contributed by atoms with E-state index in [1.807, 2.05) is 0 Å². The second kappa shape index (κ2) is 9.85. The van der Waals surface area contributed by atoms with E-state index >= 15 is 0 Å². The first-order valence-corrected chi connectivity index (χ1v) is 12.0. The van der Waals surface area contributed by atoms with Gasteiger partial charge < -0.3 is 20.3 Å². The van der Waals surface area contributed by atoms with E-state index in [4.69, 9.17) is 4.74 Å². The van der Waals surface area contributed by atoms with Crippen LogP contribution in [0.15, 0.2) is 66.7 Å². The average Bonchev–Trinajstić information content (AvgIpc) is 3.02. The van der Waals surface area contributed by atoms with Crippen LogP contribution in [-0.2, 0) is 11.0 Å². The molecule has 0 aromatic heterocycles. The largest absolute Gasteiger partial charge is 0.497 e. The third-order valence-corrected chi connectivity index (χ3v) is 6.88. The van der Waals surface area contributed by atoms with E-state index in [9.17, 15) is 27.6 Å². The molecule has 0 aliphatic carbocycles. The summed E-state index contributed by atoms with van der Waals surface area (Å²) in [5.41, 5.74) is 0.896. The monoisotopic (exact) mass is 523 g/mol. The van der Waals surface area contributed by atoms with Crippen molar-refractivity contribution in [1.29, 1.82) is 0 Å². The highest BCUT2D eigenvalue weighted by Crippen LogP contribution is 2.35. The molecular formula is C28H24F3N3O4. The van der Waals surface area contributed by atoms with Gasteiger partial charge in [0.05, 0.1) is 23.9 Å². The number of amides is 3. The zero-order chi connectivity index (χ0) is 27.0. The number of nitrogens with one attached hydrogen (secondary N) is 2.